The minimum absolute atomic E-state index is 0.00692. The first-order valence-electron chi connectivity index (χ1n) is 14.8. The molecule has 2 aromatic rings. The van der Waals surface area contributed by atoms with Crippen LogP contribution in [0.4, 0.5) is 0 Å². The summed E-state index contributed by atoms with van der Waals surface area (Å²) in [7, 11) is 1.48. The quantitative estimate of drug-likeness (QED) is 0.209. The van der Waals surface area contributed by atoms with Gasteiger partial charge in [0.2, 0.25) is 0 Å². The van der Waals surface area contributed by atoms with Crippen LogP contribution in [-0.4, -0.2) is 55.4 Å². The number of likely N-dealkylation sites (tertiary alicyclic amines) is 1. The largest absolute Gasteiger partial charge is 0.469 e. The number of hydrogen-bond acceptors (Lipinski definition) is 5. The number of unbranched alkanes of at least 4 members (excludes halogenated alkanes) is 1. The summed E-state index contributed by atoms with van der Waals surface area (Å²) in [6, 6.07) is 19.6. The average Bonchev–Trinajstić information content (AvgIpc) is 3.30. The zero-order valence-electron chi connectivity index (χ0n) is 23.7. The molecule has 2 aromatic carbocycles. The Morgan fingerprint density at radius 1 is 0.974 bits per heavy atom. The molecule has 1 heterocycles. The van der Waals surface area contributed by atoms with Gasteiger partial charge in [0.25, 0.3) is 0 Å². The van der Waals surface area contributed by atoms with E-state index in [0.717, 1.165) is 51.6 Å². The van der Waals surface area contributed by atoms with Crippen LogP contribution in [0.15, 0.2) is 54.6 Å². The molecule has 4 atom stereocenters. The van der Waals surface area contributed by atoms with Gasteiger partial charge in [0.1, 0.15) is 5.60 Å². The highest BCUT2D eigenvalue weighted by atomic mass is 16.6. The summed E-state index contributed by atoms with van der Waals surface area (Å²) in [6.07, 6.45) is 9.70. The summed E-state index contributed by atoms with van der Waals surface area (Å²) in [4.78, 5) is 14.6. The molecule has 1 saturated carbocycles. The number of carbonyl (C=O) groups is 1. The fraction of sp³-hybridized carbons (Fsp3) is 0.606. The number of esters is 1. The second-order valence-corrected chi connectivity index (χ2v) is 11.2. The zero-order chi connectivity index (χ0) is 26.8. The van der Waals surface area contributed by atoms with E-state index in [1.165, 1.54) is 43.1 Å². The number of methoxy groups -OCH3 is 1. The smallest absolute Gasteiger partial charge is 0.308 e. The van der Waals surface area contributed by atoms with Crippen LogP contribution in [0.1, 0.15) is 77.2 Å². The summed E-state index contributed by atoms with van der Waals surface area (Å²) in [5.41, 5.74) is 3.33. The fourth-order valence-corrected chi connectivity index (χ4v) is 6.37. The van der Waals surface area contributed by atoms with Crippen LogP contribution in [0, 0.1) is 5.92 Å². The highest BCUT2D eigenvalue weighted by Crippen LogP contribution is 2.40. The van der Waals surface area contributed by atoms with E-state index in [0.29, 0.717) is 19.3 Å². The molecule has 4 rings (SSSR count). The molecule has 1 aliphatic heterocycles. The molecule has 0 amide bonds. The lowest BCUT2D eigenvalue weighted by Crippen LogP contribution is -2.55. The molecule has 0 aromatic heterocycles. The lowest BCUT2D eigenvalue weighted by Gasteiger charge is -2.43. The van der Waals surface area contributed by atoms with Gasteiger partial charge in [-0.2, -0.15) is 0 Å². The minimum Gasteiger partial charge on any atom is -0.469 e. The molecule has 0 radical (unpaired) electrons. The molecule has 0 spiro atoms. The third-order valence-corrected chi connectivity index (χ3v) is 8.73. The van der Waals surface area contributed by atoms with E-state index in [2.05, 4.69) is 67.3 Å². The maximum Gasteiger partial charge on any atom is 0.308 e. The first kappa shape index (κ1) is 28.8. The standard InChI is InChI=1S/C33H47NO4/c1-4-27(32(35)36-3)13-9-12-24-38-33(2)30(34-22-10-6-11-23-34)20-21-31(33)37-25-26-16-18-29(19-17-26)28-14-7-5-8-15-28/h5,7-8,14-19,27,30-31H,4,6,9-13,20-25H2,1-3H3/t27?,30-,31-,33+/m0/s1. The van der Waals surface area contributed by atoms with Crippen molar-refractivity contribution in [1.29, 1.82) is 0 Å². The Kier molecular flexibility index (Phi) is 10.8. The van der Waals surface area contributed by atoms with Crippen molar-refractivity contribution in [3.05, 3.63) is 60.2 Å². The summed E-state index contributed by atoms with van der Waals surface area (Å²) in [6.45, 7) is 7.96. The van der Waals surface area contributed by atoms with Gasteiger partial charge in [-0.05, 0) is 81.6 Å². The molecule has 5 nitrogen and oxygen atoms in total. The van der Waals surface area contributed by atoms with Crippen molar-refractivity contribution in [2.24, 2.45) is 5.92 Å². The Bertz CT molecular complexity index is 972. The molecule has 5 heteroatoms. The van der Waals surface area contributed by atoms with Crippen LogP contribution >= 0.6 is 0 Å². The molecule has 0 N–H and O–H groups in total. The fourth-order valence-electron chi connectivity index (χ4n) is 6.37. The first-order chi connectivity index (χ1) is 18.5. The Balaban J connectivity index is 1.35. The summed E-state index contributed by atoms with van der Waals surface area (Å²) >= 11 is 0. The number of nitrogens with zero attached hydrogens (tertiary/aromatic N) is 1. The monoisotopic (exact) mass is 521 g/mol. The van der Waals surface area contributed by atoms with E-state index in [-0.39, 0.29) is 23.6 Å². The van der Waals surface area contributed by atoms with Gasteiger partial charge in [0, 0.05) is 12.6 Å². The molecule has 1 aliphatic carbocycles. The Hall–Kier alpha value is -2.21. The van der Waals surface area contributed by atoms with Crippen LogP contribution in [0.25, 0.3) is 11.1 Å². The van der Waals surface area contributed by atoms with Gasteiger partial charge in [-0.15, -0.1) is 0 Å². The molecule has 2 fully saturated rings. The van der Waals surface area contributed by atoms with E-state index in [9.17, 15) is 4.79 Å². The second-order valence-electron chi connectivity index (χ2n) is 11.2. The number of rotatable bonds is 13. The van der Waals surface area contributed by atoms with E-state index < -0.39 is 0 Å². The lowest BCUT2D eigenvalue weighted by atomic mass is 9.94. The Morgan fingerprint density at radius 2 is 1.68 bits per heavy atom. The predicted octanol–water partition coefficient (Wildman–Crippen LogP) is 7.03. The van der Waals surface area contributed by atoms with Crippen LogP contribution < -0.4 is 0 Å². The summed E-state index contributed by atoms with van der Waals surface area (Å²) in [5.74, 6) is -0.0980. The Morgan fingerprint density at radius 3 is 2.37 bits per heavy atom. The highest BCUT2D eigenvalue weighted by Gasteiger charge is 2.51. The van der Waals surface area contributed by atoms with Crippen molar-refractivity contribution >= 4 is 5.97 Å². The maximum absolute atomic E-state index is 11.9. The van der Waals surface area contributed by atoms with Crippen molar-refractivity contribution in [1.82, 2.24) is 4.90 Å². The number of piperidine rings is 1. The van der Waals surface area contributed by atoms with Crippen LogP contribution in [-0.2, 0) is 25.6 Å². The number of hydrogen-bond donors (Lipinski definition) is 0. The predicted molar refractivity (Wildman–Crippen MR) is 153 cm³/mol. The van der Waals surface area contributed by atoms with Crippen molar-refractivity contribution in [3.8, 4) is 11.1 Å². The number of carbonyl (C=O) groups excluding carboxylic acids is 1. The molecular formula is C33H47NO4. The SMILES string of the molecule is CCC(CCCCO[C@@]1(C)[C@@H](OCc2ccc(-c3ccccc3)cc2)CC[C@@H]1N1CCCCC1)C(=O)OC. The number of benzene rings is 2. The van der Waals surface area contributed by atoms with E-state index >= 15 is 0 Å². The zero-order valence-corrected chi connectivity index (χ0v) is 23.7. The first-order valence-corrected chi connectivity index (χ1v) is 14.8. The van der Waals surface area contributed by atoms with Gasteiger partial charge in [-0.1, -0.05) is 74.4 Å². The molecule has 1 unspecified atom stereocenters. The minimum atomic E-state index is -0.326. The normalized spacial score (nSPS) is 24.8. The van der Waals surface area contributed by atoms with Crippen molar-refractivity contribution < 1.29 is 19.0 Å². The van der Waals surface area contributed by atoms with Gasteiger partial charge < -0.3 is 14.2 Å². The van der Waals surface area contributed by atoms with E-state index in [1.54, 1.807) is 0 Å². The van der Waals surface area contributed by atoms with Crippen molar-refractivity contribution in [3.63, 3.8) is 0 Å². The van der Waals surface area contributed by atoms with Gasteiger partial charge >= 0.3 is 5.97 Å². The topological polar surface area (TPSA) is 48.0 Å². The second kappa shape index (κ2) is 14.3. The third-order valence-electron chi connectivity index (χ3n) is 8.73. The van der Waals surface area contributed by atoms with Crippen LogP contribution in [0.5, 0.6) is 0 Å². The van der Waals surface area contributed by atoms with Gasteiger partial charge in [-0.25, -0.2) is 0 Å². The van der Waals surface area contributed by atoms with Gasteiger partial charge in [-0.3, -0.25) is 9.69 Å². The maximum atomic E-state index is 11.9. The molecule has 2 aliphatic rings. The van der Waals surface area contributed by atoms with Crippen LogP contribution in [0.2, 0.25) is 0 Å². The third kappa shape index (κ3) is 7.25. The molecule has 38 heavy (non-hydrogen) atoms. The Labute approximate surface area is 229 Å². The number of ether oxygens (including phenoxy) is 3. The van der Waals surface area contributed by atoms with Gasteiger partial charge in [0.15, 0.2) is 0 Å². The molecular weight excluding hydrogens is 474 g/mol. The highest BCUT2D eigenvalue weighted by molar-refractivity contribution is 5.72. The van der Waals surface area contributed by atoms with Crippen molar-refractivity contribution in [2.75, 3.05) is 26.8 Å². The summed E-state index contributed by atoms with van der Waals surface area (Å²) in [5, 5.41) is 0. The van der Waals surface area contributed by atoms with Gasteiger partial charge in [0.05, 0.1) is 25.7 Å². The average molecular weight is 522 g/mol. The summed E-state index contributed by atoms with van der Waals surface area (Å²) < 4.78 is 18.3. The van der Waals surface area contributed by atoms with E-state index in [1.807, 2.05) is 6.07 Å². The molecule has 208 valence electrons. The lowest BCUT2D eigenvalue weighted by molar-refractivity contribution is -0.153. The van der Waals surface area contributed by atoms with E-state index in [4.69, 9.17) is 14.2 Å². The van der Waals surface area contributed by atoms with Crippen LogP contribution in [0.3, 0.4) is 0 Å². The molecule has 0 bridgehead atoms. The molecule has 1 saturated heterocycles. The van der Waals surface area contributed by atoms with Crippen molar-refractivity contribution in [2.45, 2.75) is 96.0 Å².